The van der Waals surface area contributed by atoms with E-state index in [4.69, 9.17) is 5.73 Å². The zero-order valence-electron chi connectivity index (χ0n) is 9.42. The van der Waals surface area contributed by atoms with Crippen LogP contribution >= 0.6 is 0 Å². The van der Waals surface area contributed by atoms with E-state index in [9.17, 15) is 9.59 Å². The van der Waals surface area contributed by atoms with Gasteiger partial charge in [0.25, 0.3) is 0 Å². The molecule has 2 amide bonds. The number of carbonyl (C=O) groups is 2. The summed E-state index contributed by atoms with van der Waals surface area (Å²) >= 11 is 0. The molecule has 0 unspecified atom stereocenters. The predicted molar refractivity (Wildman–Crippen MR) is 59.6 cm³/mol. The lowest BCUT2D eigenvalue weighted by Gasteiger charge is -2.30. The number of hydrogen-bond acceptors (Lipinski definition) is 3. The Hall–Kier alpha value is -1.10. The third-order valence-corrected chi connectivity index (χ3v) is 3.65. The number of nitrogens with two attached hydrogens (primary N) is 1. The molecule has 90 valence electrons. The van der Waals surface area contributed by atoms with E-state index < -0.39 is 0 Å². The summed E-state index contributed by atoms with van der Waals surface area (Å²) in [5.74, 6) is -0.105. The molecular weight excluding hydrogens is 206 g/mol. The summed E-state index contributed by atoms with van der Waals surface area (Å²) in [6.07, 6.45) is 5.20. The molecule has 1 heterocycles. The maximum Gasteiger partial charge on any atom is 0.243 e. The molecule has 0 aromatic carbocycles. The van der Waals surface area contributed by atoms with Crippen molar-refractivity contribution in [2.45, 2.75) is 50.1 Å². The van der Waals surface area contributed by atoms with Crippen LogP contribution in [-0.2, 0) is 9.59 Å². The van der Waals surface area contributed by atoms with Crippen molar-refractivity contribution in [2.75, 3.05) is 6.54 Å². The lowest BCUT2D eigenvalue weighted by atomic mass is 9.97. The Bertz CT molecular complexity index is 298. The molecule has 4 N–H and O–H groups in total. The monoisotopic (exact) mass is 225 g/mol. The molecule has 1 atom stereocenters. The van der Waals surface area contributed by atoms with Gasteiger partial charge in [-0.05, 0) is 19.3 Å². The van der Waals surface area contributed by atoms with Crippen molar-refractivity contribution < 1.29 is 9.59 Å². The maximum atomic E-state index is 11.9. The Morgan fingerprint density at radius 2 is 2.19 bits per heavy atom. The van der Waals surface area contributed by atoms with Crippen LogP contribution in [0.2, 0.25) is 0 Å². The van der Waals surface area contributed by atoms with Gasteiger partial charge in [-0.15, -0.1) is 0 Å². The molecule has 1 saturated heterocycles. The molecule has 5 nitrogen and oxygen atoms in total. The minimum absolute atomic E-state index is 0.0339. The largest absolute Gasteiger partial charge is 0.348 e. The number of rotatable bonds is 3. The molecule has 1 aliphatic carbocycles. The molecular formula is C11H19N3O2. The number of hydrogen-bond donors (Lipinski definition) is 3. The Morgan fingerprint density at radius 1 is 1.50 bits per heavy atom. The molecule has 0 radical (unpaired) electrons. The van der Waals surface area contributed by atoms with E-state index in [-0.39, 0.29) is 23.4 Å². The van der Waals surface area contributed by atoms with E-state index >= 15 is 0 Å². The summed E-state index contributed by atoms with van der Waals surface area (Å²) in [5.41, 5.74) is 5.52. The van der Waals surface area contributed by atoms with Crippen LogP contribution in [0.15, 0.2) is 0 Å². The van der Waals surface area contributed by atoms with Crippen molar-refractivity contribution in [1.82, 2.24) is 10.6 Å². The highest BCUT2D eigenvalue weighted by atomic mass is 16.2. The van der Waals surface area contributed by atoms with Gasteiger partial charge in [0.05, 0.1) is 5.54 Å². The van der Waals surface area contributed by atoms with Crippen molar-refractivity contribution in [3.05, 3.63) is 0 Å². The predicted octanol–water partition coefficient (Wildman–Crippen LogP) is -0.347. The van der Waals surface area contributed by atoms with E-state index in [1.807, 2.05) is 0 Å². The fourth-order valence-electron chi connectivity index (χ4n) is 2.59. The summed E-state index contributed by atoms with van der Waals surface area (Å²) in [7, 11) is 0. The highest BCUT2D eigenvalue weighted by Crippen LogP contribution is 2.28. The van der Waals surface area contributed by atoms with Crippen LogP contribution in [0.25, 0.3) is 0 Å². The fourth-order valence-corrected chi connectivity index (χ4v) is 2.59. The zero-order valence-corrected chi connectivity index (χ0v) is 9.42. The summed E-state index contributed by atoms with van der Waals surface area (Å²) in [4.78, 5) is 23.0. The van der Waals surface area contributed by atoms with E-state index in [1.54, 1.807) is 0 Å². The van der Waals surface area contributed by atoms with Crippen molar-refractivity contribution in [3.63, 3.8) is 0 Å². The van der Waals surface area contributed by atoms with Gasteiger partial charge in [0.15, 0.2) is 0 Å². The number of carbonyl (C=O) groups excluding carboxylic acids is 2. The third kappa shape index (κ3) is 2.19. The van der Waals surface area contributed by atoms with Gasteiger partial charge < -0.3 is 16.4 Å². The standard InChI is InChI=1S/C11H19N3O2/c12-7-11(5-1-2-6-11)14-10(16)8-3-4-9(15)13-8/h8H,1-7,12H2,(H,13,15)(H,14,16)/t8-/m1/s1. The minimum atomic E-state index is -0.350. The molecule has 2 rings (SSSR count). The first-order valence-electron chi connectivity index (χ1n) is 5.97. The SMILES string of the molecule is NCC1(NC(=O)[C@H]2CCC(=O)N2)CCCC1. The summed E-state index contributed by atoms with van der Waals surface area (Å²) in [6, 6.07) is -0.350. The number of nitrogens with one attached hydrogen (secondary N) is 2. The second-order valence-corrected chi connectivity index (χ2v) is 4.84. The second-order valence-electron chi connectivity index (χ2n) is 4.84. The Morgan fingerprint density at radius 3 is 2.69 bits per heavy atom. The second kappa shape index (κ2) is 4.41. The molecule has 2 aliphatic rings. The lowest BCUT2D eigenvalue weighted by molar-refractivity contribution is -0.127. The van der Waals surface area contributed by atoms with Crippen LogP contribution < -0.4 is 16.4 Å². The molecule has 1 aliphatic heterocycles. The van der Waals surface area contributed by atoms with Crippen LogP contribution in [0, 0.1) is 0 Å². The van der Waals surface area contributed by atoms with Gasteiger partial charge in [-0.3, -0.25) is 9.59 Å². The minimum Gasteiger partial charge on any atom is -0.348 e. The molecule has 0 bridgehead atoms. The van der Waals surface area contributed by atoms with Crippen molar-refractivity contribution in [1.29, 1.82) is 0 Å². The highest BCUT2D eigenvalue weighted by molar-refractivity contribution is 5.91. The van der Waals surface area contributed by atoms with E-state index in [2.05, 4.69) is 10.6 Å². The normalized spacial score (nSPS) is 27.8. The van der Waals surface area contributed by atoms with E-state index in [0.717, 1.165) is 25.7 Å². The van der Waals surface area contributed by atoms with Crippen molar-refractivity contribution in [3.8, 4) is 0 Å². The quantitative estimate of drug-likeness (QED) is 0.614. The Labute approximate surface area is 95.1 Å². The van der Waals surface area contributed by atoms with Gasteiger partial charge in [0.1, 0.15) is 6.04 Å². The Balaban J connectivity index is 1.93. The summed E-state index contributed by atoms with van der Waals surface area (Å²) in [5, 5.41) is 5.70. The average Bonchev–Trinajstić information content (AvgIpc) is 2.88. The van der Waals surface area contributed by atoms with E-state index in [0.29, 0.717) is 19.4 Å². The van der Waals surface area contributed by atoms with Crippen LogP contribution in [0.3, 0.4) is 0 Å². The van der Waals surface area contributed by atoms with Crippen LogP contribution in [0.5, 0.6) is 0 Å². The molecule has 16 heavy (non-hydrogen) atoms. The molecule has 0 aromatic rings. The zero-order chi connectivity index (χ0) is 11.6. The van der Waals surface area contributed by atoms with Gasteiger partial charge in [0.2, 0.25) is 11.8 Å². The van der Waals surface area contributed by atoms with Crippen LogP contribution in [0.1, 0.15) is 38.5 Å². The summed E-state index contributed by atoms with van der Waals surface area (Å²) in [6.45, 7) is 0.486. The highest BCUT2D eigenvalue weighted by Gasteiger charge is 2.37. The molecule has 5 heteroatoms. The van der Waals surface area contributed by atoms with Crippen molar-refractivity contribution >= 4 is 11.8 Å². The molecule has 1 saturated carbocycles. The average molecular weight is 225 g/mol. The van der Waals surface area contributed by atoms with Gasteiger partial charge in [-0.2, -0.15) is 0 Å². The fraction of sp³-hybridized carbons (Fsp3) is 0.818. The van der Waals surface area contributed by atoms with Gasteiger partial charge in [-0.1, -0.05) is 12.8 Å². The first kappa shape index (κ1) is 11.4. The smallest absolute Gasteiger partial charge is 0.243 e. The van der Waals surface area contributed by atoms with Gasteiger partial charge >= 0.3 is 0 Å². The molecule has 0 spiro atoms. The third-order valence-electron chi connectivity index (χ3n) is 3.65. The van der Waals surface area contributed by atoms with Crippen LogP contribution in [-0.4, -0.2) is 29.9 Å². The maximum absolute atomic E-state index is 11.9. The van der Waals surface area contributed by atoms with Gasteiger partial charge in [0, 0.05) is 13.0 Å². The topological polar surface area (TPSA) is 84.2 Å². The number of amides is 2. The van der Waals surface area contributed by atoms with Crippen LogP contribution in [0.4, 0.5) is 0 Å². The first-order chi connectivity index (χ1) is 7.65. The van der Waals surface area contributed by atoms with Crippen molar-refractivity contribution in [2.24, 2.45) is 5.73 Å². The Kier molecular flexibility index (Phi) is 3.14. The molecule has 2 fully saturated rings. The summed E-state index contributed by atoms with van der Waals surface area (Å²) < 4.78 is 0. The van der Waals surface area contributed by atoms with Gasteiger partial charge in [-0.25, -0.2) is 0 Å². The lowest BCUT2D eigenvalue weighted by Crippen LogP contribution is -2.56. The first-order valence-corrected chi connectivity index (χ1v) is 5.97. The molecule has 0 aromatic heterocycles. The van der Waals surface area contributed by atoms with E-state index in [1.165, 1.54) is 0 Å².